The van der Waals surface area contributed by atoms with Crippen molar-refractivity contribution in [3.05, 3.63) is 40.9 Å². The molecule has 4 nitrogen and oxygen atoms in total. The maximum absolute atomic E-state index is 12.3. The average Bonchev–Trinajstić information content (AvgIpc) is 3.11. The first-order valence-corrected chi connectivity index (χ1v) is 8.07. The zero-order valence-corrected chi connectivity index (χ0v) is 12.6. The second-order valence-electron chi connectivity index (χ2n) is 4.40. The maximum atomic E-state index is 12.3. The fourth-order valence-electron chi connectivity index (χ4n) is 2.03. The van der Waals surface area contributed by atoms with Gasteiger partial charge in [-0.2, -0.15) is 0 Å². The van der Waals surface area contributed by atoms with E-state index in [2.05, 4.69) is 28.2 Å². The van der Waals surface area contributed by atoms with Crippen molar-refractivity contribution in [2.75, 3.05) is 11.9 Å². The highest BCUT2D eigenvalue weighted by Gasteiger charge is 2.28. The normalized spacial score (nSPS) is 16.0. The standard InChI is InChI=1S/C15H12N2O2S2/c18-7-3-5-11-9-16-15(20-11)17-14(19)13-8-10-4-1-2-6-12(10)21-13/h1-2,4,6,9,13,18H,7-8H2,(H,16,17,19). The Balaban J connectivity index is 1.64. The minimum atomic E-state index is -0.184. The third-order valence-corrected chi connectivity index (χ3v) is 5.11. The second-order valence-corrected chi connectivity index (χ2v) is 6.67. The summed E-state index contributed by atoms with van der Waals surface area (Å²) in [7, 11) is 0. The third-order valence-electron chi connectivity index (χ3n) is 2.97. The third kappa shape index (κ3) is 3.27. The number of carbonyl (C=O) groups is 1. The van der Waals surface area contributed by atoms with Gasteiger partial charge in [-0.05, 0) is 18.1 Å². The summed E-state index contributed by atoms with van der Waals surface area (Å²) in [5.74, 6) is 5.29. The predicted molar refractivity (Wildman–Crippen MR) is 84.5 cm³/mol. The van der Waals surface area contributed by atoms with Crippen molar-refractivity contribution in [1.29, 1.82) is 0 Å². The molecule has 0 saturated heterocycles. The number of aliphatic hydroxyl groups excluding tert-OH is 1. The van der Waals surface area contributed by atoms with E-state index in [0.29, 0.717) is 5.13 Å². The molecular weight excluding hydrogens is 304 g/mol. The van der Waals surface area contributed by atoms with Gasteiger partial charge in [0.25, 0.3) is 0 Å². The highest BCUT2D eigenvalue weighted by atomic mass is 32.2. The van der Waals surface area contributed by atoms with Crippen LogP contribution in [0.2, 0.25) is 0 Å². The number of nitrogens with zero attached hydrogens (tertiary/aromatic N) is 1. The number of benzene rings is 1. The van der Waals surface area contributed by atoms with Crippen LogP contribution in [0.25, 0.3) is 0 Å². The number of fused-ring (bicyclic) bond motifs is 1. The van der Waals surface area contributed by atoms with Gasteiger partial charge in [0, 0.05) is 4.90 Å². The molecule has 1 unspecified atom stereocenters. The minimum absolute atomic E-state index is 0.0350. The van der Waals surface area contributed by atoms with Gasteiger partial charge in [0.1, 0.15) is 6.61 Å². The number of thiazole rings is 1. The first kappa shape index (κ1) is 14.1. The quantitative estimate of drug-likeness (QED) is 0.833. The van der Waals surface area contributed by atoms with Crippen LogP contribution in [0.1, 0.15) is 10.4 Å². The van der Waals surface area contributed by atoms with Gasteiger partial charge >= 0.3 is 0 Å². The highest BCUT2D eigenvalue weighted by Crippen LogP contribution is 2.37. The van der Waals surface area contributed by atoms with Crippen LogP contribution >= 0.6 is 23.1 Å². The molecule has 0 saturated carbocycles. The van der Waals surface area contributed by atoms with Gasteiger partial charge in [-0.15, -0.1) is 11.8 Å². The molecule has 1 aromatic carbocycles. The van der Waals surface area contributed by atoms with E-state index in [9.17, 15) is 4.79 Å². The molecule has 0 radical (unpaired) electrons. The molecule has 1 aromatic heterocycles. The van der Waals surface area contributed by atoms with Crippen molar-refractivity contribution in [3.8, 4) is 11.8 Å². The molecule has 106 valence electrons. The first-order valence-electron chi connectivity index (χ1n) is 6.37. The Kier molecular flexibility index (Phi) is 4.25. The van der Waals surface area contributed by atoms with Crippen molar-refractivity contribution in [1.82, 2.24) is 4.98 Å². The average molecular weight is 316 g/mol. The molecule has 6 heteroatoms. The molecule has 1 amide bonds. The number of aliphatic hydroxyl groups is 1. The largest absolute Gasteiger partial charge is 0.384 e. The summed E-state index contributed by atoms with van der Waals surface area (Å²) in [4.78, 5) is 18.3. The van der Waals surface area contributed by atoms with Crippen LogP contribution in [-0.4, -0.2) is 27.9 Å². The van der Waals surface area contributed by atoms with Gasteiger partial charge < -0.3 is 10.4 Å². The van der Waals surface area contributed by atoms with E-state index in [0.717, 1.165) is 11.3 Å². The Hall–Kier alpha value is -1.81. The number of rotatable bonds is 2. The molecule has 1 aliphatic rings. The molecule has 1 atom stereocenters. The summed E-state index contributed by atoms with van der Waals surface area (Å²) >= 11 is 2.89. The van der Waals surface area contributed by atoms with Crippen molar-refractivity contribution < 1.29 is 9.90 Å². The number of amides is 1. The summed E-state index contributed by atoms with van der Waals surface area (Å²) in [6, 6.07) is 8.08. The Morgan fingerprint density at radius 3 is 3.14 bits per heavy atom. The number of thioether (sulfide) groups is 1. The zero-order chi connectivity index (χ0) is 14.7. The van der Waals surface area contributed by atoms with Gasteiger partial charge in [-0.3, -0.25) is 4.79 Å². The van der Waals surface area contributed by atoms with E-state index in [1.54, 1.807) is 18.0 Å². The van der Waals surface area contributed by atoms with Gasteiger partial charge in [0.2, 0.25) is 5.91 Å². The summed E-state index contributed by atoms with van der Waals surface area (Å²) in [6.07, 6.45) is 2.34. The number of anilines is 1. The summed E-state index contributed by atoms with van der Waals surface area (Å²) in [6.45, 7) is -0.184. The predicted octanol–water partition coefficient (Wildman–Crippen LogP) is 2.14. The summed E-state index contributed by atoms with van der Waals surface area (Å²) in [5.41, 5.74) is 1.22. The molecule has 2 aromatic rings. The number of hydrogen-bond donors (Lipinski definition) is 2. The van der Waals surface area contributed by atoms with Crippen LogP contribution in [0.3, 0.4) is 0 Å². The lowest BCUT2D eigenvalue weighted by Crippen LogP contribution is -2.24. The van der Waals surface area contributed by atoms with Gasteiger partial charge in [-0.25, -0.2) is 4.98 Å². The Morgan fingerprint density at radius 2 is 2.33 bits per heavy atom. The lowest BCUT2D eigenvalue weighted by Gasteiger charge is -2.06. The van der Waals surface area contributed by atoms with Crippen molar-refractivity contribution in [2.45, 2.75) is 16.6 Å². The van der Waals surface area contributed by atoms with E-state index in [1.807, 2.05) is 18.2 Å². The van der Waals surface area contributed by atoms with Crippen molar-refractivity contribution in [3.63, 3.8) is 0 Å². The van der Waals surface area contributed by atoms with Gasteiger partial charge in [0.05, 0.1) is 16.3 Å². The SMILES string of the molecule is O=C(Nc1ncc(C#CCO)s1)C1Cc2ccccc2S1. The van der Waals surface area contributed by atoms with E-state index in [1.165, 1.54) is 21.8 Å². The molecule has 0 spiro atoms. The van der Waals surface area contributed by atoms with E-state index >= 15 is 0 Å². The monoisotopic (exact) mass is 316 g/mol. The molecule has 21 heavy (non-hydrogen) atoms. The molecule has 2 N–H and O–H groups in total. The lowest BCUT2D eigenvalue weighted by atomic mass is 10.1. The molecule has 1 aliphatic heterocycles. The Bertz CT molecular complexity index is 706. The van der Waals surface area contributed by atoms with E-state index in [4.69, 9.17) is 5.11 Å². The van der Waals surface area contributed by atoms with Gasteiger partial charge in [0.15, 0.2) is 5.13 Å². The topological polar surface area (TPSA) is 62.2 Å². The smallest absolute Gasteiger partial charge is 0.239 e. The second kappa shape index (κ2) is 6.31. The molecule has 0 aliphatic carbocycles. The van der Waals surface area contributed by atoms with E-state index < -0.39 is 0 Å². The molecule has 2 heterocycles. The first-order chi connectivity index (χ1) is 10.3. The van der Waals surface area contributed by atoms with Crippen LogP contribution in [0.5, 0.6) is 0 Å². The van der Waals surface area contributed by atoms with Crippen LogP contribution in [0, 0.1) is 11.8 Å². The zero-order valence-electron chi connectivity index (χ0n) is 11.0. The van der Waals surface area contributed by atoms with Gasteiger partial charge in [-0.1, -0.05) is 41.4 Å². The van der Waals surface area contributed by atoms with Crippen molar-refractivity contribution in [2.24, 2.45) is 0 Å². The maximum Gasteiger partial charge on any atom is 0.239 e. The number of carbonyl (C=O) groups excluding carboxylic acids is 1. The Labute approximate surface area is 130 Å². The van der Waals surface area contributed by atoms with Crippen LogP contribution in [0.15, 0.2) is 35.4 Å². The minimum Gasteiger partial charge on any atom is -0.384 e. The fourth-order valence-corrected chi connectivity index (χ4v) is 3.92. The van der Waals surface area contributed by atoms with Crippen LogP contribution in [0.4, 0.5) is 5.13 Å². The molecule has 0 bridgehead atoms. The fraction of sp³-hybridized carbons (Fsp3) is 0.200. The molecular formula is C15H12N2O2S2. The van der Waals surface area contributed by atoms with Crippen LogP contribution in [-0.2, 0) is 11.2 Å². The summed E-state index contributed by atoms with van der Waals surface area (Å²) in [5, 5.41) is 11.9. The number of aromatic nitrogens is 1. The molecule has 0 fully saturated rings. The Morgan fingerprint density at radius 1 is 1.48 bits per heavy atom. The number of hydrogen-bond acceptors (Lipinski definition) is 5. The molecule has 3 rings (SSSR count). The number of nitrogens with one attached hydrogen (secondary N) is 1. The summed E-state index contributed by atoms with van der Waals surface area (Å²) < 4.78 is 0. The highest BCUT2D eigenvalue weighted by molar-refractivity contribution is 8.01. The van der Waals surface area contributed by atoms with E-state index in [-0.39, 0.29) is 17.8 Å². The van der Waals surface area contributed by atoms with Crippen molar-refractivity contribution >= 4 is 34.1 Å². The van der Waals surface area contributed by atoms with Crippen LogP contribution < -0.4 is 5.32 Å². The lowest BCUT2D eigenvalue weighted by molar-refractivity contribution is -0.115.